The van der Waals surface area contributed by atoms with Crippen LogP contribution < -0.4 is 10.6 Å². The minimum atomic E-state index is -3.14. The van der Waals surface area contributed by atoms with Gasteiger partial charge in [0.15, 0.2) is 7.14 Å². The van der Waals surface area contributed by atoms with Crippen molar-refractivity contribution in [1.82, 2.24) is 0 Å². The standard InChI is InChI=1S/C17H15O2PS/c18-17(16-12-7-13-21-16)20(19,14-8-3-1-4-9-14)15-10-5-2-6-11-15/h1-13,17-18H. The number of aliphatic hydroxyl groups excluding tert-OH is 1. The second-order valence-corrected chi connectivity index (χ2v) is 8.54. The van der Waals surface area contributed by atoms with Crippen molar-refractivity contribution < 1.29 is 9.67 Å². The lowest BCUT2D eigenvalue weighted by Gasteiger charge is -2.24. The van der Waals surface area contributed by atoms with Gasteiger partial charge in [-0.1, -0.05) is 66.7 Å². The highest BCUT2D eigenvalue weighted by Crippen LogP contribution is 2.56. The van der Waals surface area contributed by atoms with Crippen molar-refractivity contribution in [3.8, 4) is 0 Å². The number of benzene rings is 2. The molecule has 1 heterocycles. The predicted octanol–water partition coefficient (Wildman–Crippen LogP) is 3.75. The van der Waals surface area contributed by atoms with Crippen molar-refractivity contribution in [2.75, 3.05) is 0 Å². The molecule has 2 aromatic carbocycles. The summed E-state index contributed by atoms with van der Waals surface area (Å²) in [5, 5.41) is 14.0. The van der Waals surface area contributed by atoms with Gasteiger partial charge in [0.05, 0.1) is 0 Å². The molecule has 1 unspecified atom stereocenters. The smallest absolute Gasteiger partial charge is 0.175 e. The SMILES string of the molecule is O=P(c1ccccc1)(c1ccccc1)C(O)c1cccs1. The maximum atomic E-state index is 13.8. The molecule has 21 heavy (non-hydrogen) atoms. The molecule has 0 aliphatic heterocycles. The Hall–Kier alpha value is -1.67. The van der Waals surface area contributed by atoms with E-state index < -0.39 is 13.0 Å². The fourth-order valence-electron chi connectivity index (χ4n) is 2.35. The number of hydrogen-bond acceptors (Lipinski definition) is 3. The van der Waals surface area contributed by atoms with Gasteiger partial charge in [-0.05, 0) is 11.4 Å². The molecule has 0 spiro atoms. The van der Waals surface area contributed by atoms with Gasteiger partial charge in [-0.2, -0.15) is 0 Å². The summed E-state index contributed by atoms with van der Waals surface area (Å²) >= 11 is 1.43. The van der Waals surface area contributed by atoms with Gasteiger partial charge in [-0.15, -0.1) is 11.3 Å². The van der Waals surface area contributed by atoms with E-state index in [0.717, 1.165) is 4.88 Å². The molecule has 2 nitrogen and oxygen atoms in total. The largest absolute Gasteiger partial charge is 0.379 e. The van der Waals surface area contributed by atoms with Gasteiger partial charge in [-0.3, -0.25) is 0 Å². The Bertz CT molecular complexity index is 695. The lowest BCUT2D eigenvalue weighted by Crippen LogP contribution is -2.20. The summed E-state index contributed by atoms with van der Waals surface area (Å²) in [5.41, 5.74) is 0. The molecule has 0 saturated carbocycles. The van der Waals surface area contributed by atoms with Crippen LogP contribution in [-0.2, 0) is 4.57 Å². The Morgan fingerprint density at radius 1 is 0.810 bits per heavy atom. The van der Waals surface area contributed by atoms with Crippen LogP contribution in [-0.4, -0.2) is 5.11 Å². The van der Waals surface area contributed by atoms with Crippen LogP contribution in [0.2, 0.25) is 0 Å². The Labute approximate surface area is 128 Å². The molecular weight excluding hydrogens is 299 g/mol. The van der Waals surface area contributed by atoms with Crippen LogP contribution in [0.5, 0.6) is 0 Å². The molecule has 0 fully saturated rings. The van der Waals surface area contributed by atoms with Crippen LogP contribution >= 0.6 is 18.5 Å². The first-order valence-electron chi connectivity index (χ1n) is 6.65. The number of hydrogen-bond donors (Lipinski definition) is 1. The Morgan fingerprint density at radius 2 is 1.33 bits per heavy atom. The lowest BCUT2D eigenvalue weighted by molar-refractivity contribution is 0.260. The van der Waals surface area contributed by atoms with Crippen LogP contribution in [0.4, 0.5) is 0 Å². The van der Waals surface area contributed by atoms with E-state index in [4.69, 9.17) is 0 Å². The molecule has 1 aromatic heterocycles. The summed E-state index contributed by atoms with van der Waals surface area (Å²) in [6.45, 7) is 0. The first-order chi connectivity index (χ1) is 10.2. The van der Waals surface area contributed by atoms with E-state index in [2.05, 4.69) is 0 Å². The van der Waals surface area contributed by atoms with Crippen LogP contribution in [0.15, 0.2) is 78.2 Å². The molecule has 106 valence electrons. The summed E-state index contributed by atoms with van der Waals surface area (Å²) in [7, 11) is -3.14. The summed E-state index contributed by atoms with van der Waals surface area (Å²) in [5.74, 6) is -1.01. The molecule has 0 saturated heterocycles. The van der Waals surface area contributed by atoms with Crippen molar-refractivity contribution in [3.05, 3.63) is 83.1 Å². The molecule has 3 aromatic rings. The molecule has 0 aliphatic rings. The Morgan fingerprint density at radius 3 is 1.76 bits per heavy atom. The second-order valence-electron chi connectivity index (χ2n) is 4.72. The van der Waals surface area contributed by atoms with Crippen molar-refractivity contribution in [1.29, 1.82) is 0 Å². The van der Waals surface area contributed by atoms with Gasteiger partial charge >= 0.3 is 0 Å². The van der Waals surface area contributed by atoms with E-state index in [-0.39, 0.29) is 0 Å². The molecule has 0 aliphatic carbocycles. The van der Waals surface area contributed by atoms with Crippen molar-refractivity contribution in [3.63, 3.8) is 0 Å². The molecule has 1 N–H and O–H groups in total. The minimum Gasteiger partial charge on any atom is -0.379 e. The van der Waals surface area contributed by atoms with E-state index in [1.165, 1.54) is 11.3 Å². The molecule has 1 atom stereocenters. The third kappa shape index (κ3) is 2.60. The van der Waals surface area contributed by atoms with Crippen molar-refractivity contribution in [2.45, 2.75) is 5.85 Å². The highest BCUT2D eigenvalue weighted by Gasteiger charge is 2.36. The summed E-state index contributed by atoms with van der Waals surface area (Å²) in [6.07, 6.45) is 0. The van der Waals surface area contributed by atoms with Crippen molar-refractivity contribution >= 4 is 29.1 Å². The van der Waals surface area contributed by atoms with Gasteiger partial charge in [-0.25, -0.2) is 0 Å². The normalized spacial score (nSPS) is 13.0. The molecule has 4 heteroatoms. The molecule has 0 amide bonds. The quantitative estimate of drug-likeness (QED) is 0.745. The zero-order chi connectivity index (χ0) is 14.7. The number of rotatable bonds is 4. The molecule has 3 rings (SSSR count). The minimum absolute atomic E-state index is 0.678. The first-order valence-corrected chi connectivity index (χ1v) is 9.31. The number of aliphatic hydroxyl groups is 1. The molecular formula is C17H15O2PS. The predicted molar refractivity (Wildman–Crippen MR) is 89.0 cm³/mol. The summed E-state index contributed by atoms with van der Waals surface area (Å²) in [4.78, 5) is 0.728. The molecule has 0 radical (unpaired) electrons. The van der Waals surface area contributed by atoms with Crippen LogP contribution in [0, 0.1) is 0 Å². The topological polar surface area (TPSA) is 37.3 Å². The highest BCUT2D eigenvalue weighted by molar-refractivity contribution is 7.79. The Kier molecular flexibility index (Phi) is 4.07. The maximum absolute atomic E-state index is 13.8. The zero-order valence-electron chi connectivity index (χ0n) is 11.3. The summed E-state index contributed by atoms with van der Waals surface area (Å²) in [6, 6.07) is 22.2. The van der Waals surface area contributed by atoms with E-state index in [1.807, 2.05) is 78.2 Å². The summed E-state index contributed by atoms with van der Waals surface area (Å²) < 4.78 is 13.8. The van der Waals surface area contributed by atoms with Gasteiger partial charge in [0.2, 0.25) is 0 Å². The monoisotopic (exact) mass is 314 g/mol. The van der Waals surface area contributed by atoms with E-state index >= 15 is 0 Å². The Balaban J connectivity index is 2.19. The highest BCUT2D eigenvalue weighted by atomic mass is 32.1. The van der Waals surface area contributed by atoms with Gasteiger partial charge < -0.3 is 9.67 Å². The fraction of sp³-hybridized carbons (Fsp3) is 0.0588. The van der Waals surface area contributed by atoms with Gasteiger partial charge in [0.1, 0.15) is 5.85 Å². The van der Waals surface area contributed by atoms with E-state index in [1.54, 1.807) is 0 Å². The number of thiophene rings is 1. The van der Waals surface area contributed by atoms with E-state index in [9.17, 15) is 9.67 Å². The lowest BCUT2D eigenvalue weighted by atomic mass is 10.4. The average Bonchev–Trinajstić information content (AvgIpc) is 3.09. The third-order valence-electron chi connectivity index (χ3n) is 3.42. The maximum Gasteiger partial charge on any atom is 0.175 e. The van der Waals surface area contributed by atoms with Gasteiger partial charge in [0.25, 0.3) is 0 Å². The third-order valence-corrected chi connectivity index (χ3v) is 7.62. The first kappa shape index (κ1) is 14.3. The second kappa shape index (κ2) is 5.98. The van der Waals surface area contributed by atoms with Gasteiger partial charge in [0, 0.05) is 15.5 Å². The van der Waals surface area contributed by atoms with Crippen molar-refractivity contribution in [2.24, 2.45) is 0 Å². The zero-order valence-corrected chi connectivity index (χ0v) is 13.0. The molecule has 0 bridgehead atoms. The van der Waals surface area contributed by atoms with Crippen LogP contribution in [0.25, 0.3) is 0 Å². The van der Waals surface area contributed by atoms with Crippen LogP contribution in [0.3, 0.4) is 0 Å². The fourth-order valence-corrected chi connectivity index (χ4v) is 6.11. The van der Waals surface area contributed by atoms with Crippen LogP contribution in [0.1, 0.15) is 10.7 Å². The average molecular weight is 314 g/mol. The van der Waals surface area contributed by atoms with E-state index in [0.29, 0.717) is 10.6 Å².